The Kier molecular flexibility index (Phi) is 8.74. The maximum absolute atomic E-state index is 9.47. The van der Waals surface area contributed by atoms with E-state index in [4.69, 9.17) is 0 Å². The van der Waals surface area contributed by atoms with Crippen molar-refractivity contribution in [2.24, 2.45) is 5.92 Å². The van der Waals surface area contributed by atoms with Crippen molar-refractivity contribution < 1.29 is 5.11 Å². The number of hydrogen-bond donors (Lipinski definition) is 2. The molecule has 1 aliphatic heterocycles. The fraction of sp³-hybridized carbons (Fsp3) is 1.00. The molecule has 0 aromatic carbocycles. The smallest absolute Gasteiger partial charge is 0.0610 e. The number of aliphatic hydroxyl groups excluding tert-OH is 1. The normalized spacial score (nSPS) is 21.0. The molecule has 3 heteroatoms. The molecule has 0 saturated carbocycles. The Labute approximate surface area is 126 Å². The number of nitrogens with zero attached hydrogens (tertiary/aromatic N) is 1. The lowest BCUT2D eigenvalue weighted by atomic mass is 9.92. The van der Waals surface area contributed by atoms with E-state index in [-0.39, 0.29) is 12.1 Å². The van der Waals surface area contributed by atoms with E-state index in [0.717, 1.165) is 18.9 Å². The Morgan fingerprint density at radius 3 is 2.45 bits per heavy atom. The number of likely N-dealkylation sites (tertiary alicyclic amines) is 1. The van der Waals surface area contributed by atoms with Crippen LogP contribution >= 0.6 is 0 Å². The van der Waals surface area contributed by atoms with E-state index in [1.54, 1.807) is 0 Å². The van der Waals surface area contributed by atoms with Crippen molar-refractivity contribution in [1.29, 1.82) is 0 Å². The van der Waals surface area contributed by atoms with Gasteiger partial charge < -0.3 is 15.3 Å². The maximum atomic E-state index is 9.47. The second-order valence-electron chi connectivity index (χ2n) is 6.78. The van der Waals surface area contributed by atoms with Crippen LogP contribution in [-0.2, 0) is 0 Å². The molecule has 1 heterocycles. The molecule has 120 valence electrons. The third-order valence-electron chi connectivity index (χ3n) is 4.81. The van der Waals surface area contributed by atoms with E-state index in [0.29, 0.717) is 0 Å². The van der Waals surface area contributed by atoms with Gasteiger partial charge in [0.05, 0.1) is 6.61 Å². The number of aliphatic hydroxyl groups is 1. The van der Waals surface area contributed by atoms with Gasteiger partial charge in [0.1, 0.15) is 0 Å². The first-order valence-corrected chi connectivity index (χ1v) is 8.71. The molecule has 1 atom stereocenters. The van der Waals surface area contributed by atoms with Crippen LogP contribution in [0.4, 0.5) is 0 Å². The molecule has 0 bridgehead atoms. The fourth-order valence-corrected chi connectivity index (χ4v) is 3.41. The largest absolute Gasteiger partial charge is 0.394 e. The summed E-state index contributed by atoms with van der Waals surface area (Å²) in [4.78, 5) is 2.63. The summed E-state index contributed by atoms with van der Waals surface area (Å²) in [6, 6.07) is 0. The zero-order valence-electron chi connectivity index (χ0n) is 14.0. The lowest BCUT2D eigenvalue weighted by Crippen LogP contribution is -2.45. The van der Waals surface area contributed by atoms with Crippen LogP contribution in [0.1, 0.15) is 65.7 Å². The summed E-state index contributed by atoms with van der Waals surface area (Å²) in [5, 5.41) is 12.9. The van der Waals surface area contributed by atoms with Crippen LogP contribution in [-0.4, -0.2) is 48.3 Å². The Morgan fingerprint density at radius 2 is 1.90 bits per heavy atom. The van der Waals surface area contributed by atoms with Crippen molar-refractivity contribution in [1.82, 2.24) is 10.2 Å². The molecule has 1 aliphatic rings. The van der Waals surface area contributed by atoms with E-state index in [1.165, 1.54) is 58.2 Å². The first-order valence-electron chi connectivity index (χ1n) is 8.71. The summed E-state index contributed by atoms with van der Waals surface area (Å²) in [5.41, 5.74) is -0.0805. The van der Waals surface area contributed by atoms with Crippen molar-refractivity contribution >= 4 is 0 Å². The molecule has 0 aromatic rings. The second kappa shape index (κ2) is 9.75. The van der Waals surface area contributed by atoms with E-state index >= 15 is 0 Å². The van der Waals surface area contributed by atoms with Crippen molar-refractivity contribution in [3.05, 3.63) is 0 Å². The van der Waals surface area contributed by atoms with E-state index in [1.807, 2.05) is 0 Å². The van der Waals surface area contributed by atoms with Crippen LogP contribution in [0.15, 0.2) is 0 Å². The van der Waals surface area contributed by atoms with Gasteiger partial charge in [-0.1, -0.05) is 33.1 Å². The molecule has 0 amide bonds. The van der Waals surface area contributed by atoms with Crippen LogP contribution in [0.2, 0.25) is 0 Å². The summed E-state index contributed by atoms with van der Waals surface area (Å²) in [5.74, 6) is 0.989. The topological polar surface area (TPSA) is 35.5 Å². The molecular weight excluding hydrogens is 248 g/mol. The molecule has 0 aliphatic carbocycles. The molecule has 20 heavy (non-hydrogen) atoms. The van der Waals surface area contributed by atoms with Crippen LogP contribution in [0.5, 0.6) is 0 Å². The van der Waals surface area contributed by atoms with Crippen LogP contribution in [0, 0.1) is 5.92 Å². The van der Waals surface area contributed by atoms with Crippen molar-refractivity contribution in [2.75, 3.05) is 32.8 Å². The van der Waals surface area contributed by atoms with Crippen molar-refractivity contribution in [3.8, 4) is 0 Å². The Bertz CT molecular complexity index is 239. The number of rotatable bonds is 10. The van der Waals surface area contributed by atoms with Gasteiger partial charge >= 0.3 is 0 Å². The number of nitrogens with one attached hydrogen (secondary N) is 1. The molecule has 3 nitrogen and oxygen atoms in total. The third-order valence-corrected chi connectivity index (χ3v) is 4.81. The number of piperidine rings is 1. The summed E-state index contributed by atoms with van der Waals surface area (Å²) < 4.78 is 0. The number of likely N-dealkylation sites (N-methyl/N-ethyl adjacent to an activating group) is 1. The highest BCUT2D eigenvalue weighted by atomic mass is 16.3. The van der Waals surface area contributed by atoms with Crippen LogP contribution < -0.4 is 5.32 Å². The lowest BCUT2D eigenvalue weighted by Gasteiger charge is -2.32. The fourth-order valence-electron chi connectivity index (χ4n) is 3.41. The van der Waals surface area contributed by atoms with Crippen molar-refractivity contribution in [3.63, 3.8) is 0 Å². The zero-order valence-corrected chi connectivity index (χ0v) is 14.0. The Hall–Kier alpha value is -0.120. The van der Waals surface area contributed by atoms with Crippen LogP contribution in [0.3, 0.4) is 0 Å². The molecular formula is C17H36N2O. The minimum atomic E-state index is -0.0805. The molecule has 0 spiro atoms. The van der Waals surface area contributed by atoms with Gasteiger partial charge in [-0.25, -0.2) is 0 Å². The van der Waals surface area contributed by atoms with Gasteiger partial charge in [-0.15, -0.1) is 0 Å². The zero-order chi connectivity index (χ0) is 14.8. The van der Waals surface area contributed by atoms with Gasteiger partial charge in [0.2, 0.25) is 0 Å². The standard InChI is InChI=1S/C17H36N2O/c1-4-8-16-9-13-19(14-10-16)12-7-6-11-17(3,15-20)18-5-2/h16,18,20H,4-15H2,1-3H3. The molecule has 1 unspecified atom stereocenters. The predicted octanol–water partition coefficient (Wildman–Crippen LogP) is 3.03. The highest BCUT2D eigenvalue weighted by Crippen LogP contribution is 2.22. The van der Waals surface area contributed by atoms with Gasteiger partial charge in [-0.3, -0.25) is 0 Å². The summed E-state index contributed by atoms with van der Waals surface area (Å²) in [7, 11) is 0. The Morgan fingerprint density at radius 1 is 1.20 bits per heavy atom. The minimum Gasteiger partial charge on any atom is -0.394 e. The van der Waals surface area contributed by atoms with Gasteiger partial charge in [0, 0.05) is 5.54 Å². The van der Waals surface area contributed by atoms with E-state index in [9.17, 15) is 5.11 Å². The number of unbranched alkanes of at least 4 members (excludes halogenated alkanes) is 1. The SMILES string of the molecule is CCCC1CCN(CCCCC(C)(CO)NCC)CC1. The monoisotopic (exact) mass is 284 g/mol. The van der Waals surface area contributed by atoms with E-state index < -0.39 is 0 Å². The molecule has 1 rings (SSSR count). The number of hydrogen-bond acceptors (Lipinski definition) is 3. The van der Waals surface area contributed by atoms with Gasteiger partial charge in [-0.2, -0.15) is 0 Å². The molecule has 2 N–H and O–H groups in total. The lowest BCUT2D eigenvalue weighted by molar-refractivity contribution is 0.154. The molecule has 0 aromatic heterocycles. The first-order chi connectivity index (χ1) is 9.63. The minimum absolute atomic E-state index is 0.0805. The molecule has 1 fully saturated rings. The maximum Gasteiger partial charge on any atom is 0.0610 e. The summed E-state index contributed by atoms with van der Waals surface area (Å²) in [6.07, 6.45) is 9.11. The average Bonchev–Trinajstić information content (AvgIpc) is 2.46. The quantitative estimate of drug-likeness (QED) is 0.605. The predicted molar refractivity (Wildman–Crippen MR) is 87.1 cm³/mol. The molecule has 1 saturated heterocycles. The van der Waals surface area contributed by atoms with Gasteiger partial charge in [0.15, 0.2) is 0 Å². The summed E-state index contributed by atoms with van der Waals surface area (Å²) >= 11 is 0. The molecule has 0 radical (unpaired) electrons. The Balaban J connectivity index is 2.10. The van der Waals surface area contributed by atoms with E-state index in [2.05, 4.69) is 31.0 Å². The highest BCUT2D eigenvalue weighted by molar-refractivity contribution is 4.81. The highest BCUT2D eigenvalue weighted by Gasteiger charge is 2.22. The van der Waals surface area contributed by atoms with Crippen LogP contribution in [0.25, 0.3) is 0 Å². The first kappa shape index (κ1) is 17.9. The summed E-state index contributed by atoms with van der Waals surface area (Å²) in [6.45, 7) is 11.6. The van der Waals surface area contributed by atoms with Gasteiger partial charge in [0.25, 0.3) is 0 Å². The third kappa shape index (κ3) is 6.55. The van der Waals surface area contributed by atoms with Gasteiger partial charge in [-0.05, 0) is 64.7 Å². The second-order valence-corrected chi connectivity index (χ2v) is 6.78. The van der Waals surface area contributed by atoms with Crippen molar-refractivity contribution in [2.45, 2.75) is 71.3 Å². The average molecular weight is 284 g/mol.